The molecule has 0 unspecified atom stereocenters. The Morgan fingerprint density at radius 3 is 2.76 bits per heavy atom. The summed E-state index contributed by atoms with van der Waals surface area (Å²) in [6, 6.07) is 12.9. The van der Waals surface area contributed by atoms with Gasteiger partial charge in [0.25, 0.3) is 0 Å². The van der Waals surface area contributed by atoms with Crippen molar-refractivity contribution < 1.29 is 9.66 Å². The molecule has 0 aliphatic heterocycles. The summed E-state index contributed by atoms with van der Waals surface area (Å²) in [7, 11) is 3.31. The van der Waals surface area contributed by atoms with E-state index < -0.39 is 4.92 Å². The molecule has 0 saturated heterocycles. The predicted molar refractivity (Wildman–Crippen MR) is 95.6 cm³/mol. The first kappa shape index (κ1) is 16.5. The van der Waals surface area contributed by atoms with E-state index in [2.05, 4.69) is 16.5 Å². The van der Waals surface area contributed by atoms with Gasteiger partial charge in [0.15, 0.2) is 5.75 Å². The summed E-state index contributed by atoms with van der Waals surface area (Å²) in [4.78, 5) is 10.5. The zero-order valence-corrected chi connectivity index (χ0v) is 14.0. The summed E-state index contributed by atoms with van der Waals surface area (Å²) in [5.41, 5.74) is 3.95. The molecule has 0 aliphatic rings. The van der Waals surface area contributed by atoms with Crippen LogP contribution >= 0.6 is 0 Å². The first-order chi connectivity index (χ1) is 12.1. The van der Waals surface area contributed by atoms with Gasteiger partial charge in [-0.15, -0.1) is 0 Å². The number of benzene rings is 2. The standard InChI is InChI=1S/C18H18N4O3/c1-21-12-15(11-20-21)14-5-3-4-13(8-14)10-19-16-6-7-17(22(23)24)18(9-16)25-2/h3-9,11-12,19H,10H2,1-2H3. The van der Waals surface area contributed by atoms with Gasteiger partial charge >= 0.3 is 5.69 Å². The van der Waals surface area contributed by atoms with Crippen LogP contribution in [-0.2, 0) is 13.6 Å². The number of hydrogen-bond acceptors (Lipinski definition) is 5. The van der Waals surface area contributed by atoms with Gasteiger partial charge in [0.2, 0.25) is 0 Å². The molecule has 7 nitrogen and oxygen atoms in total. The van der Waals surface area contributed by atoms with Gasteiger partial charge in [0, 0.05) is 43.2 Å². The lowest BCUT2D eigenvalue weighted by Gasteiger charge is -2.09. The lowest BCUT2D eigenvalue weighted by Crippen LogP contribution is -2.01. The number of nitrogens with zero attached hydrogens (tertiary/aromatic N) is 3. The minimum absolute atomic E-state index is 0.0494. The highest BCUT2D eigenvalue weighted by Gasteiger charge is 2.14. The summed E-state index contributed by atoms with van der Waals surface area (Å²) >= 11 is 0. The molecule has 1 N–H and O–H groups in total. The molecule has 3 aromatic rings. The highest BCUT2D eigenvalue weighted by molar-refractivity contribution is 5.63. The van der Waals surface area contributed by atoms with E-state index in [-0.39, 0.29) is 11.4 Å². The first-order valence-corrected chi connectivity index (χ1v) is 7.71. The topological polar surface area (TPSA) is 82.2 Å². The average Bonchev–Trinajstić information content (AvgIpc) is 3.06. The number of aryl methyl sites for hydroxylation is 1. The maximum Gasteiger partial charge on any atom is 0.311 e. The molecular formula is C18H18N4O3. The van der Waals surface area contributed by atoms with Crippen molar-refractivity contribution >= 4 is 11.4 Å². The van der Waals surface area contributed by atoms with E-state index in [1.807, 2.05) is 37.6 Å². The molecule has 3 rings (SSSR count). The highest BCUT2D eigenvalue weighted by Crippen LogP contribution is 2.30. The number of nitrogens with one attached hydrogen (secondary N) is 1. The molecular weight excluding hydrogens is 320 g/mol. The fourth-order valence-corrected chi connectivity index (χ4v) is 2.57. The van der Waals surface area contributed by atoms with Crippen molar-refractivity contribution in [1.29, 1.82) is 0 Å². The van der Waals surface area contributed by atoms with Crippen LogP contribution in [0.1, 0.15) is 5.56 Å². The van der Waals surface area contributed by atoms with E-state index in [4.69, 9.17) is 4.74 Å². The van der Waals surface area contributed by atoms with Gasteiger partial charge in [0.05, 0.1) is 18.2 Å². The summed E-state index contributed by atoms with van der Waals surface area (Å²) in [6.45, 7) is 0.592. The van der Waals surface area contributed by atoms with Gasteiger partial charge in [0.1, 0.15) is 0 Å². The molecule has 0 saturated carbocycles. The van der Waals surface area contributed by atoms with Crippen molar-refractivity contribution in [3.8, 4) is 16.9 Å². The van der Waals surface area contributed by atoms with Crippen molar-refractivity contribution in [3.05, 3.63) is 70.5 Å². The third kappa shape index (κ3) is 3.77. The second kappa shape index (κ2) is 7.04. The van der Waals surface area contributed by atoms with Crippen LogP contribution in [0.2, 0.25) is 0 Å². The molecule has 2 aromatic carbocycles. The molecule has 0 bridgehead atoms. The number of hydrogen-bond donors (Lipinski definition) is 1. The van der Waals surface area contributed by atoms with E-state index in [0.29, 0.717) is 6.54 Å². The van der Waals surface area contributed by atoms with E-state index in [1.165, 1.54) is 13.2 Å². The fraction of sp³-hybridized carbons (Fsp3) is 0.167. The van der Waals surface area contributed by atoms with Gasteiger partial charge in [-0.05, 0) is 23.3 Å². The summed E-state index contributed by atoms with van der Waals surface area (Å²) in [6.07, 6.45) is 3.79. The Kier molecular flexibility index (Phi) is 4.65. The smallest absolute Gasteiger partial charge is 0.311 e. The molecule has 0 fully saturated rings. The van der Waals surface area contributed by atoms with Crippen LogP contribution in [0.3, 0.4) is 0 Å². The lowest BCUT2D eigenvalue weighted by molar-refractivity contribution is -0.385. The monoisotopic (exact) mass is 338 g/mol. The minimum atomic E-state index is -0.458. The Morgan fingerprint density at radius 1 is 1.24 bits per heavy atom. The van der Waals surface area contributed by atoms with Crippen LogP contribution in [0, 0.1) is 10.1 Å². The second-order valence-electron chi connectivity index (χ2n) is 5.60. The van der Waals surface area contributed by atoms with E-state index in [1.54, 1.807) is 16.8 Å². The molecule has 25 heavy (non-hydrogen) atoms. The van der Waals surface area contributed by atoms with E-state index in [9.17, 15) is 10.1 Å². The maximum atomic E-state index is 10.9. The van der Waals surface area contributed by atoms with Crippen molar-refractivity contribution in [3.63, 3.8) is 0 Å². The summed E-state index contributed by atoms with van der Waals surface area (Å²) in [5.74, 6) is 0.235. The third-order valence-electron chi connectivity index (χ3n) is 3.84. The SMILES string of the molecule is COc1cc(NCc2cccc(-c3cnn(C)c3)c2)ccc1[N+](=O)[O-]. The predicted octanol–water partition coefficient (Wildman–Crippen LogP) is 3.62. The molecule has 0 atom stereocenters. The molecule has 0 aliphatic carbocycles. The zero-order valence-electron chi connectivity index (χ0n) is 14.0. The van der Waals surface area contributed by atoms with Gasteiger partial charge in [-0.1, -0.05) is 18.2 Å². The highest BCUT2D eigenvalue weighted by atomic mass is 16.6. The van der Waals surface area contributed by atoms with Gasteiger partial charge in [-0.2, -0.15) is 5.10 Å². The number of methoxy groups -OCH3 is 1. The number of rotatable bonds is 6. The van der Waals surface area contributed by atoms with Gasteiger partial charge < -0.3 is 10.1 Å². The Morgan fingerprint density at radius 2 is 2.08 bits per heavy atom. The number of anilines is 1. The molecule has 0 radical (unpaired) electrons. The normalized spacial score (nSPS) is 10.5. The Hall–Kier alpha value is -3.35. The number of nitro benzene ring substituents is 1. The summed E-state index contributed by atoms with van der Waals surface area (Å²) in [5, 5.41) is 18.4. The maximum absolute atomic E-state index is 10.9. The molecule has 1 heterocycles. The van der Waals surface area contributed by atoms with Gasteiger partial charge in [-0.25, -0.2) is 0 Å². The molecule has 0 amide bonds. The van der Waals surface area contributed by atoms with Crippen LogP contribution in [0.5, 0.6) is 5.75 Å². The fourth-order valence-electron chi connectivity index (χ4n) is 2.57. The quantitative estimate of drug-likeness (QED) is 0.548. The van der Waals surface area contributed by atoms with Crippen LogP contribution in [-0.4, -0.2) is 21.8 Å². The number of nitro groups is 1. The largest absolute Gasteiger partial charge is 0.490 e. The van der Waals surface area contributed by atoms with Crippen LogP contribution in [0.4, 0.5) is 11.4 Å². The second-order valence-corrected chi connectivity index (χ2v) is 5.60. The number of aromatic nitrogens is 2. The zero-order chi connectivity index (χ0) is 17.8. The Bertz CT molecular complexity index is 905. The average molecular weight is 338 g/mol. The van der Waals surface area contributed by atoms with Crippen molar-refractivity contribution in [2.45, 2.75) is 6.54 Å². The lowest BCUT2D eigenvalue weighted by atomic mass is 10.1. The Balaban J connectivity index is 1.75. The minimum Gasteiger partial charge on any atom is -0.490 e. The van der Waals surface area contributed by atoms with Crippen LogP contribution in [0.25, 0.3) is 11.1 Å². The third-order valence-corrected chi connectivity index (χ3v) is 3.84. The van der Waals surface area contributed by atoms with E-state index in [0.717, 1.165) is 22.4 Å². The van der Waals surface area contributed by atoms with Crippen molar-refractivity contribution in [2.75, 3.05) is 12.4 Å². The van der Waals surface area contributed by atoms with Crippen molar-refractivity contribution in [2.24, 2.45) is 7.05 Å². The van der Waals surface area contributed by atoms with Gasteiger partial charge in [-0.3, -0.25) is 14.8 Å². The molecule has 0 spiro atoms. The van der Waals surface area contributed by atoms with Crippen LogP contribution < -0.4 is 10.1 Å². The first-order valence-electron chi connectivity index (χ1n) is 7.71. The molecule has 128 valence electrons. The van der Waals surface area contributed by atoms with E-state index >= 15 is 0 Å². The van der Waals surface area contributed by atoms with Crippen molar-refractivity contribution in [1.82, 2.24) is 9.78 Å². The van der Waals surface area contributed by atoms with Crippen LogP contribution in [0.15, 0.2) is 54.9 Å². The molecule has 7 heteroatoms. The summed E-state index contributed by atoms with van der Waals surface area (Å²) < 4.78 is 6.85. The Labute approximate surface area is 145 Å². The number of ether oxygens (including phenoxy) is 1. The molecule has 1 aromatic heterocycles.